The summed E-state index contributed by atoms with van der Waals surface area (Å²) >= 11 is 6.04. The number of carbonyl (C=O) groups excluding carboxylic acids is 1. The van der Waals surface area contributed by atoms with E-state index in [0.29, 0.717) is 5.02 Å². The highest BCUT2D eigenvalue weighted by Gasteiger charge is 2.24. The number of ether oxygens (including phenoxy) is 1. The SMILES string of the molecule is COc1ccc(Cl)cc1N(CC(=O)N/N=C\c1cc(C)n(-c2cc(C)cc(C)c2)c1C)S(C)(=O)=O. The first kappa shape index (κ1) is 26.3. The summed E-state index contributed by atoms with van der Waals surface area (Å²) in [5.74, 6) is -0.341. The minimum Gasteiger partial charge on any atom is -0.495 e. The van der Waals surface area contributed by atoms with Crippen molar-refractivity contribution in [2.75, 3.05) is 24.2 Å². The van der Waals surface area contributed by atoms with Gasteiger partial charge in [0.25, 0.3) is 5.91 Å². The van der Waals surface area contributed by atoms with Gasteiger partial charge in [-0.15, -0.1) is 0 Å². The topological polar surface area (TPSA) is 93.0 Å². The third-order valence-corrected chi connectivity index (χ3v) is 6.79. The Kier molecular flexibility index (Phi) is 7.92. The Morgan fingerprint density at radius 1 is 1.11 bits per heavy atom. The lowest BCUT2D eigenvalue weighted by atomic mass is 10.1. The van der Waals surface area contributed by atoms with E-state index >= 15 is 0 Å². The number of anilines is 1. The highest BCUT2D eigenvalue weighted by Crippen LogP contribution is 2.32. The molecule has 1 heterocycles. The molecule has 2 aromatic carbocycles. The fraction of sp³-hybridized carbons (Fsp3) is 0.280. The molecule has 35 heavy (non-hydrogen) atoms. The van der Waals surface area contributed by atoms with Crippen LogP contribution in [0.5, 0.6) is 5.75 Å². The molecule has 0 saturated carbocycles. The molecule has 1 aromatic heterocycles. The van der Waals surface area contributed by atoms with Gasteiger partial charge in [0.1, 0.15) is 12.3 Å². The number of amides is 1. The fourth-order valence-electron chi connectivity index (χ4n) is 3.97. The number of nitrogens with zero attached hydrogens (tertiary/aromatic N) is 3. The lowest BCUT2D eigenvalue weighted by Crippen LogP contribution is -2.39. The summed E-state index contributed by atoms with van der Waals surface area (Å²) in [5, 5.41) is 4.37. The lowest BCUT2D eigenvalue weighted by molar-refractivity contribution is -0.119. The van der Waals surface area contributed by atoms with Crippen molar-refractivity contribution in [3.05, 3.63) is 75.6 Å². The standard InChI is InChI=1S/C25H29ClN4O4S/c1-16-9-17(2)11-22(10-16)30-18(3)12-20(19(30)4)14-27-28-25(31)15-29(35(6,32)33)23-13-21(26)7-8-24(23)34-5/h7-14H,15H2,1-6H3,(H,28,31)/b27-14-. The quantitative estimate of drug-likeness (QED) is 0.357. The minimum absolute atomic E-state index is 0.165. The normalized spacial score (nSPS) is 11.6. The average Bonchev–Trinajstić information content (AvgIpc) is 3.03. The Labute approximate surface area is 211 Å². The van der Waals surface area contributed by atoms with Crippen molar-refractivity contribution in [3.63, 3.8) is 0 Å². The van der Waals surface area contributed by atoms with Gasteiger partial charge in [0.05, 0.1) is 25.3 Å². The van der Waals surface area contributed by atoms with E-state index in [2.05, 4.69) is 47.1 Å². The van der Waals surface area contributed by atoms with E-state index in [4.69, 9.17) is 16.3 Å². The second-order valence-electron chi connectivity index (χ2n) is 8.39. The maximum absolute atomic E-state index is 12.6. The van der Waals surface area contributed by atoms with E-state index in [1.54, 1.807) is 12.3 Å². The average molecular weight is 517 g/mol. The molecule has 0 radical (unpaired) electrons. The molecule has 1 N–H and O–H groups in total. The van der Waals surface area contributed by atoms with Gasteiger partial charge in [0, 0.05) is 27.7 Å². The molecule has 8 nitrogen and oxygen atoms in total. The van der Waals surface area contributed by atoms with Crippen LogP contribution >= 0.6 is 11.6 Å². The lowest BCUT2D eigenvalue weighted by Gasteiger charge is -2.23. The smallest absolute Gasteiger partial charge is 0.260 e. The Morgan fingerprint density at radius 3 is 2.37 bits per heavy atom. The van der Waals surface area contributed by atoms with Crippen LogP contribution in [0.25, 0.3) is 5.69 Å². The van der Waals surface area contributed by atoms with Gasteiger partial charge in [-0.1, -0.05) is 17.7 Å². The molecular weight excluding hydrogens is 488 g/mol. The number of benzene rings is 2. The van der Waals surface area contributed by atoms with Crippen LogP contribution in [0.15, 0.2) is 47.6 Å². The fourth-order valence-corrected chi connectivity index (χ4v) is 4.99. The molecule has 3 aromatic rings. The number of hydrogen-bond acceptors (Lipinski definition) is 5. The molecule has 3 rings (SSSR count). The number of methoxy groups -OCH3 is 1. The number of nitrogens with one attached hydrogen (secondary N) is 1. The van der Waals surface area contributed by atoms with E-state index in [1.165, 1.54) is 30.4 Å². The highest BCUT2D eigenvalue weighted by atomic mass is 35.5. The largest absolute Gasteiger partial charge is 0.495 e. The summed E-state index contributed by atoms with van der Waals surface area (Å²) in [6, 6.07) is 12.9. The summed E-state index contributed by atoms with van der Waals surface area (Å²) < 4.78 is 33.1. The van der Waals surface area contributed by atoms with E-state index in [9.17, 15) is 13.2 Å². The molecule has 0 bridgehead atoms. The zero-order chi connectivity index (χ0) is 25.9. The molecule has 10 heteroatoms. The summed E-state index contributed by atoms with van der Waals surface area (Å²) in [6.45, 7) is 7.60. The molecule has 0 aliphatic carbocycles. The van der Waals surface area contributed by atoms with Crippen molar-refractivity contribution in [1.82, 2.24) is 9.99 Å². The number of aromatic nitrogens is 1. The maximum Gasteiger partial charge on any atom is 0.260 e. The molecule has 0 fully saturated rings. The van der Waals surface area contributed by atoms with Gasteiger partial charge in [-0.05, 0) is 75.2 Å². The van der Waals surface area contributed by atoms with Crippen molar-refractivity contribution in [2.24, 2.45) is 5.10 Å². The molecular formula is C25H29ClN4O4S. The van der Waals surface area contributed by atoms with Crippen LogP contribution in [0.4, 0.5) is 5.69 Å². The number of aryl methyl sites for hydroxylation is 3. The summed E-state index contributed by atoms with van der Waals surface area (Å²) in [5.41, 5.74) is 8.79. The third-order valence-electron chi connectivity index (χ3n) is 5.42. The Hall–Kier alpha value is -3.30. The summed E-state index contributed by atoms with van der Waals surface area (Å²) in [6.07, 6.45) is 2.55. The second kappa shape index (κ2) is 10.5. The van der Waals surface area contributed by atoms with Gasteiger partial charge in [-0.25, -0.2) is 13.8 Å². The van der Waals surface area contributed by atoms with Crippen LogP contribution in [0.2, 0.25) is 5.02 Å². The Balaban J connectivity index is 1.80. The molecule has 0 aliphatic rings. The van der Waals surface area contributed by atoms with Gasteiger partial charge >= 0.3 is 0 Å². The Bertz CT molecular complexity index is 1380. The van der Waals surface area contributed by atoms with Crippen LogP contribution in [0.1, 0.15) is 28.1 Å². The minimum atomic E-state index is -3.81. The van der Waals surface area contributed by atoms with E-state index in [1.807, 2.05) is 19.9 Å². The van der Waals surface area contributed by atoms with Crippen LogP contribution < -0.4 is 14.5 Å². The van der Waals surface area contributed by atoms with Gasteiger partial charge in [0.2, 0.25) is 10.0 Å². The van der Waals surface area contributed by atoms with Crippen LogP contribution in [0.3, 0.4) is 0 Å². The molecule has 0 atom stereocenters. The molecule has 186 valence electrons. The van der Waals surface area contributed by atoms with Crippen molar-refractivity contribution < 1.29 is 17.9 Å². The molecule has 0 saturated heterocycles. The molecule has 0 unspecified atom stereocenters. The zero-order valence-corrected chi connectivity index (χ0v) is 22.2. The third kappa shape index (κ3) is 6.23. The van der Waals surface area contributed by atoms with Crippen molar-refractivity contribution >= 4 is 39.4 Å². The van der Waals surface area contributed by atoms with Gasteiger partial charge in [0.15, 0.2) is 0 Å². The number of halogens is 1. The van der Waals surface area contributed by atoms with Gasteiger partial charge in [-0.2, -0.15) is 5.10 Å². The van der Waals surface area contributed by atoms with Crippen molar-refractivity contribution in [2.45, 2.75) is 27.7 Å². The first-order valence-electron chi connectivity index (χ1n) is 10.8. The molecule has 1 amide bonds. The number of sulfonamides is 1. The predicted molar refractivity (Wildman–Crippen MR) is 141 cm³/mol. The first-order valence-corrected chi connectivity index (χ1v) is 13.0. The van der Waals surface area contributed by atoms with Gasteiger partial charge in [-0.3, -0.25) is 9.10 Å². The monoisotopic (exact) mass is 516 g/mol. The summed E-state index contributed by atoms with van der Waals surface area (Å²) in [4.78, 5) is 12.6. The van der Waals surface area contributed by atoms with Crippen LogP contribution in [-0.2, 0) is 14.8 Å². The highest BCUT2D eigenvalue weighted by molar-refractivity contribution is 7.92. The zero-order valence-electron chi connectivity index (χ0n) is 20.6. The number of rotatable bonds is 8. The molecule has 0 aliphatic heterocycles. The van der Waals surface area contributed by atoms with Crippen LogP contribution in [-0.4, -0.2) is 45.0 Å². The maximum atomic E-state index is 12.6. The number of hydrazone groups is 1. The van der Waals surface area contributed by atoms with E-state index < -0.39 is 22.5 Å². The number of carbonyl (C=O) groups is 1. The Morgan fingerprint density at radius 2 is 1.77 bits per heavy atom. The van der Waals surface area contributed by atoms with E-state index in [0.717, 1.165) is 33.2 Å². The second-order valence-corrected chi connectivity index (χ2v) is 10.7. The van der Waals surface area contributed by atoms with Crippen LogP contribution in [0, 0.1) is 27.7 Å². The molecule has 0 spiro atoms. The first-order chi connectivity index (χ1) is 16.4. The van der Waals surface area contributed by atoms with E-state index in [-0.39, 0.29) is 11.4 Å². The van der Waals surface area contributed by atoms with Gasteiger partial charge < -0.3 is 9.30 Å². The summed E-state index contributed by atoms with van der Waals surface area (Å²) in [7, 11) is -2.40. The predicted octanol–water partition coefficient (Wildman–Crippen LogP) is 4.29. The number of hydrogen-bond donors (Lipinski definition) is 1. The van der Waals surface area contributed by atoms with Crippen molar-refractivity contribution in [3.8, 4) is 11.4 Å². The van der Waals surface area contributed by atoms with Crippen molar-refractivity contribution in [1.29, 1.82) is 0 Å².